The van der Waals surface area contributed by atoms with Gasteiger partial charge in [0.1, 0.15) is 6.10 Å². The first-order valence-electron chi connectivity index (χ1n) is 8.99. The zero-order chi connectivity index (χ0) is 26.8. The number of esters is 2. The summed E-state index contributed by atoms with van der Waals surface area (Å²) in [5, 5.41) is 0. The van der Waals surface area contributed by atoms with Crippen LogP contribution in [-0.2, 0) is 57.9 Å². The molecule has 2 heterocycles. The molecule has 0 radical (unpaired) electrons. The lowest BCUT2D eigenvalue weighted by Crippen LogP contribution is -2.42. The Labute approximate surface area is 199 Å². The Hall–Kier alpha value is -1.59. The Morgan fingerprint density at radius 1 is 1.06 bits per heavy atom. The van der Waals surface area contributed by atoms with Crippen LogP contribution in [0.2, 0.25) is 0 Å². The molecule has 2 rings (SSSR count). The predicted molar refractivity (Wildman–Crippen MR) is 113 cm³/mol. The fraction of sp³-hybridized carbons (Fsp3) is 0.538. The van der Waals surface area contributed by atoms with Gasteiger partial charge in [-0.1, -0.05) is 0 Å². The van der Waals surface area contributed by atoms with Gasteiger partial charge in [0, 0.05) is 26.1 Å². The van der Waals surface area contributed by atoms with E-state index in [0.717, 1.165) is 30.7 Å². The molecule has 1 fully saturated rings. The number of nitrogens with zero attached hydrogens (tertiary/aromatic N) is 1. The average molecular weight is 584 g/mol. The van der Waals surface area contributed by atoms with Crippen LogP contribution in [0.4, 0.5) is 0 Å². The minimum Gasteiger partial charge on any atom is -0.456 e. The monoisotopic (exact) mass is 584 g/mol. The molecular formula is C13H19N2O16P3S. The number of nitrogens with one attached hydrogen (secondary N) is 1. The molecule has 1 aromatic heterocycles. The third-order valence-corrected chi connectivity index (χ3v) is 8.24. The zero-order valence-electron chi connectivity index (χ0n) is 17.6. The lowest BCUT2D eigenvalue weighted by atomic mass is 10.1. The van der Waals surface area contributed by atoms with Crippen LogP contribution in [0.3, 0.4) is 0 Å². The van der Waals surface area contributed by atoms with Crippen molar-refractivity contribution in [1.82, 2.24) is 9.55 Å². The number of ether oxygens (including phenoxy) is 3. The molecule has 22 heteroatoms. The lowest BCUT2D eigenvalue weighted by Gasteiger charge is -2.24. The summed E-state index contributed by atoms with van der Waals surface area (Å²) >= 11 is 3.97. The van der Waals surface area contributed by atoms with E-state index in [1.54, 1.807) is 0 Å². The highest BCUT2D eigenvalue weighted by Gasteiger charge is 2.51. The molecule has 198 valence electrons. The van der Waals surface area contributed by atoms with Gasteiger partial charge in [-0.2, -0.15) is 4.31 Å². The van der Waals surface area contributed by atoms with E-state index >= 15 is 0 Å². The molecule has 0 saturated carbocycles. The summed E-state index contributed by atoms with van der Waals surface area (Å²) in [7, 11) is -11.1. The fourth-order valence-corrected chi connectivity index (χ4v) is 6.60. The smallest absolute Gasteiger partial charge is 0.456 e. The van der Waals surface area contributed by atoms with Crippen LogP contribution < -0.4 is 11.2 Å². The minimum atomic E-state index is -5.60. The first kappa shape index (κ1) is 29.6. The van der Waals surface area contributed by atoms with Gasteiger partial charge < -0.3 is 33.8 Å². The van der Waals surface area contributed by atoms with E-state index in [9.17, 15) is 38.1 Å². The Bertz CT molecular complexity index is 1220. The number of aromatic nitrogens is 2. The van der Waals surface area contributed by atoms with E-state index in [0.29, 0.717) is 0 Å². The molecule has 6 atom stereocenters. The van der Waals surface area contributed by atoms with Crippen molar-refractivity contribution in [2.75, 3.05) is 6.61 Å². The molecule has 1 aromatic rings. The van der Waals surface area contributed by atoms with E-state index in [4.69, 9.17) is 24.0 Å². The minimum absolute atomic E-state index is 0.768. The van der Waals surface area contributed by atoms with Crippen molar-refractivity contribution in [3.63, 3.8) is 0 Å². The van der Waals surface area contributed by atoms with Gasteiger partial charge in [0.15, 0.2) is 18.4 Å². The number of aromatic amines is 1. The van der Waals surface area contributed by atoms with Crippen molar-refractivity contribution in [3.05, 3.63) is 33.1 Å². The van der Waals surface area contributed by atoms with Crippen LogP contribution >= 0.6 is 22.4 Å². The van der Waals surface area contributed by atoms with Crippen LogP contribution in [0.1, 0.15) is 20.1 Å². The molecule has 2 unspecified atom stereocenters. The van der Waals surface area contributed by atoms with Gasteiger partial charge in [0.2, 0.25) is 0 Å². The van der Waals surface area contributed by atoms with Gasteiger partial charge >= 0.3 is 40.0 Å². The van der Waals surface area contributed by atoms with E-state index in [2.05, 4.69) is 25.0 Å². The van der Waals surface area contributed by atoms with E-state index in [1.807, 2.05) is 4.98 Å². The molecule has 0 aromatic carbocycles. The molecule has 0 amide bonds. The van der Waals surface area contributed by atoms with Crippen molar-refractivity contribution in [1.29, 1.82) is 0 Å². The molecule has 18 nitrogen and oxygen atoms in total. The van der Waals surface area contributed by atoms with Crippen LogP contribution in [0.5, 0.6) is 0 Å². The highest BCUT2D eigenvalue weighted by molar-refractivity contribution is 8.08. The number of H-pyrrole nitrogens is 1. The molecule has 1 saturated heterocycles. The van der Waals surface area contributed by atoms with Crippen molar-refractivity contribution < 1.29 is 65.6 Å². The second kappa shape index (κ2) is 11.2. The third-order valence-electron chi connectivity index (χ3n) is 3.83. The summed E-state index contributed by atoms with van der Waals surface area (Å²) in [6, 6.07) is 0.930. The maximum absolute atomic E-state index is 12.2. The summed E-state index contributed by atoms with van der Waals surface area (Å²) in [4.78, 5) is 85.6. The Morgan fingerprint density at radius 2 is 1.63 bits per heavy atom. The SMILES string of the molecule is CC(=O)O[C@@H]1[C@H](OC(C)=O)[C@@H](COP(=O)(O)OP(=O)(O)OP(O)(O)=S)O[C@H]1n1ccc(=O)[nH]c1=O. The number of hydrogen-bond donors (Lipinski definition) is 5. The summed E-state index contributed by atoms with van der Waals surface area (Å²) < 4.78 is 52.4. The van der Waals surface area contributed by atoms with Crippen molar-refractivity contribution in [2.45, 2.75) is 38.4 Å². The topological polar surface area (TPSA) is 259 Å². The number of carbonyl (C=O) groups is 2. The molecule has 0 bridgehead atoms. The average Bonchev–Trinajstić information content (AvgIpc) is 2.93. The Balaban J connectivity index is 2.32. The van der Waals surface area contributed by atoms with Crippen LogP contribution in [0.15, 0.2) is 21.9 Å². The number of rotatable bonds is 10. The number of phosphoric ester groups is 1. The van der Waals surface area contributed by atoms with Gasteiger partial charge in [0.25, 0.3) is 5.56 Å². The van der Waals surface area contributed by atoms with Crippen LogP contribution in [0.25, 0.3) is 0 Å². The molecule has 1 aliphatic rings. The van der Waals surface area contributed by atoms with E-state index in [1.165, 1.54) is 0 Å². The molecular weight excluding hydrogens is 565 g/mol. The molecule has 35 heavy (non-hydrogen) atoms. The van der Waals surface area contributed by atoms with Gasteiger partial charge in [0.05, 0.1) is 6.61 Å². The Morgan fingerprint density at radius 3 is 2.14 bits per heavy atom. The van der Waals surface area contributed by atoms with Crippen molar-refractivity contribution in [2.24, 2.45) is 0 Å². The zero-order valence-corrected chi connectivity index (χ0v) is 21.1. The van der Waals surface area contributed by atoms with Crippen LogP contribution in [-0.4, -0.2) is 66.0 Å². The highest BCUT2D eigenvalue weighted by Crippen LogP contribution is 2.66. The normalized spacial score (nSPS) is 25.9. The van der Waals surface area contributed by atoms with E-state index in [-0.39, 0.29) is 0 Å². The molecule has 0 aliphatic carbocycles. The summed E-state index contributed by atoms with van der Waals surface area (Å²) in [5.41, 5.74) is -1.78. The van der Waals surface area contributed by atoms with E-state index < -0.39 is 76.7 Å². The summed E-state index contributed by atoms with van der Waals surface area (Å²) in [6.45, 7) is -3.88. The van der Waals surface area contributed by atoms with Gasteiger partial charge in [-0.15, -0.1) is 0 Å². The molecule has 5 N–H and O–H groups in total. The largest absolute Gasteiger partial charge is 0.488 e. The van der Waals surface area contributed by atoms with Crippen LogP contribution in [0, 0.1) is 0 Å². The number of phosphoric acid groups is 2. The maximum Gasteiger partial charge on any atom is 0.488 e. The molecule has 1 aliphatic heterocycles. The van der Waals surface area contributed by atoms with Gasteiger partial charge in [-0.25, -0.2) is 18.2 Å². The standard InChI is InChI=1S/C13H19N2O16P3S/c1-6(16)27-10-8(5-26-32(20,21)30-33(22,23)31-34(24,25)35)29-12(11(10)28-7(2)17)15-4-3-9(18)14-13(15)19/h3-4,8,10-12H,5H2,1-2H3,(H,20,21)(H,22,23)(H,14,18,19)(H2,24,25,35)/t8-,10-,11-,12-/m1/s1. The number of hydrogen-bond acceptors (Lipinski definition) is 13. The first-order chi connectivity index (χ1) is 15.9. The maximum atomic E-state index is 12.2. The predicted octanol–water partition coefficient (Wildman–Crippen LogP) is -1.24. The second-order valence-electron chi connectivity index (χ2n) is 6.62. The van der Waals surface area contributed by atoms with Gasteiger partial charge in [-0.05, 0) is 11.8 Å². The Kier molecular flexibility index (Phi) is 9.49. The fourth-order valence-electron chi connectivity index (χ4n) is 2.82. The summed E-state index contributed by atoms with van der Waals surface area (Å²) in [5.74, 6) is -1.83. The second-order valence-corrected chi connectivity index (χ2v) is 12.5. The summed E-state index contributed by atoms with van der Waals surface area (Å²) in [6.07, 6.45) is -5.21. The van der Waals surface area contributed by atoms with Crippen molar-refractivity contribution >= 4 is 46.1 Å². The quantitative estimate of drug-likeness (QED) is 0.159. The van der Waals surface area contributed by atoms with Crippen molar-refractivity contribution in [3.8, 4) is 0 Å². The molecule has 0 spiro atoms. The lowest BCUT2D eigenvalue weighted by molar-refractivity contribution is -0.165. The third kappa shape index (κ3) is 9.09. The van der Waals surface area contributed by atoms with Gasteiger partial charge in [-0.3, -0.25) is 28.5 Å². The first-order valence-corrected chi connectivity index (χ1v) is 14.6. The highest BCUT2D eigenvalue weighted by atomic mass is 32.5. The number of carbonyl (C=O) groups excluding carboxylic acids is 2.